The second-order valence-corrected chi connectivity index (χ2v) is 5.68. The largest absolute Gasteiger partial charge is 0.431 e. The highest BCUT2D eigenvalue weighted by atomic mass is 16.6. The Kier molecular flexibility index (Phi) is 3.78. The van der Waals surface area contributed by atoms with Crippen LogP contribution in [0.25, 0.3) is 21.5 Å². The van der Waals surface area contributed by atoms with Crippen LogP contribution in [0.5, 0.6) is 11.6 Å². The molecule has 0 aliphatic rings. The van der Waals surface area contributed by atoms with Gasteiger partial charge in [-0.15, -0.1) is 0 Å². The van der Waals surface area contributed by atoms with E-state index in [-0.39, 0.29) is 22.8 Å². The smallest absolute Gasteiger partial charge is 0.311 e. The van der Waals surface area contributed by atoms with E-state index in [0.29, 0.717) is 10.8 Å². The van der Waals surface area contributed by atoms with Gasteiger partial charge in [0, 0.05) is 16.8 Å². The molecule has 0 aliphatic heterocycles. The maximum absolute atomic E-state index is 11.3. The number of nitrogens with one attached hydrogen (secondary N) is 1. The van der Waals surface area contributed by atoms with Crippen LogP contribution in [0.2, 0.25) is 0 Å². The lowest BCUT2D eigenvalue weighted by atomic mass is 10.1. The molecular weight excluding hydrogens is 330 g/mol. The second-order valence-electron chi connectivity index (χ2n) is 5.68. The van der Waals surface area contributed by atoms with Crippen molar-refractivity contribution in [2.45, 2.75) is 0 Å². The van der Waals surface area contributed by atoms with Gasteiger partial charge in [-0.3, -0.25) is 15.5 Å². The van der Waals surface area contributed by atoms with Gasteiger partial charge in [-0.25, -0.2) is 0 Å². The number of benzene rings is 3. The average molecular weight is 343 g/mol. The van der Waals surface area contributed by atoms with E-state index >= 15 is 0 Å². The molecular formula is C20H13N3O3. The molecule has 26 heavy (non-hydrogen) atoms. The van der Waals surface area contributed by atoms with E-state index in [0.717, 1.165) is 10.8 Å². The number of nitro benzene ring substituents is 1. The number of para-hydroxylation sites is 2. The van der Waals surface area contributed by atoms with Crippen molar-refractivity contribution in [2.75, 3.05) is 0 Å². The first kappa shape index (κ1) is 15.7. The van der Waals surface area contributed by atoms with Crippen molar-refractivity contribution >= 4 is 27.2 Å². The molecule has 0 atom stereocenters. The molecule has 1 heterocycles. The molecule has 4 aromatic rings. The van der Waals surface area contributed by atoms with E-state index in [1.807, 2.05) is 48.5 Å². The first-order valence-corrected chi connectivity index (χ1v) is 7.93. The zero-order valence-electron chi connectivity index (χ0n) is 13.5. The summed E-state index contributed by atoms with van der Waals surface area (Å²) in [6.45, 7) is 0. The van der Waals surface area contributed by atoms with Gasteiger partial charge in [0.2, 0.25) is 11.6 Å². The lowest BCUT2D eigenvalue weighted by molar-refractivity contribution is -0.385. The summed E-state index contributed by atoms with van der Waals surface area (Å²) >= 11 is 0. The molecule has 6 nitrogen and oxygen atoms in total. The summed E-state index contributed by atoms with van der Waals surface area (Å²) in [6, 6.07) is 21.1. The van der Waals surface area contributed by atoms with Gasteiger partial charge in [-0.05, 0) is 22.9 Å². The molecule has 0 unspecified atom stereocenters. The van der Waals surface area contributed by atoms with E-state index in [1.54, 1.807) is 12.1 Å². The molecule has 1 N–H and O–H groups in total. The summed E-state index contributed by atoms with van der Waals surface area (Å²) in [6.07, 6.45) is 0. The Hall–Kier alpha value is -3.80. The highest BCUT2D eigenvalue weighted by Gasteiger charge is 2.16. The van der Waals surface area contributed by atoms with Gasteiger partial charge in [0.15, 0.2) is 5.49 Å². The van der Waals surface area contributed by atoms with Crippen LogP contribution in [0.15, 0.2) is 72.8 Å². The number of hydrogen-bond donors (Lipinski definition) is 1. The number of aromatic nitrogens is 1. The lowest BCUT2D eigenvalue weighted by Crippen LogP contribution is -2.04. The van der Waals surface area contributed by atoms with Crippen LogP contribution in [0.4, 0.5) is 5.69 Å². The van der Waals surface area contributed by atoms with Crippen molar-refractivity contribution in [3.63, 3.8) is 0 Å². The molecule has 0 bridgehead atoms. The molecule has 3 aromatic carbocycles. The van der Waals surface area contributed by atoms with Gasteiger partial charge < -0.3 is 4.74 Å². The Morgan fingerprint density at radius 1 is 0.808 bits per heavy atom. The van der Waals surface area contributed by atoms with Crippen molar-refractivity contribution in [1.29, 1.82) is 5.41 Å². The Bertz CT molecular complexity index is 1220. The molecule has 0 spiro atoms. The molecule has 6 heteroatoms. The van der Waals surface area contributed by atoms with Crippen LogP contribution in [-0.2, 0) is 0 Å². The van der Waals surface area contributed by atoms with Gasteiger partial charge in [0.1, 0.15) is 0 Å². The zero-order chi connectivity index (χ0) is 18.1. The van der Waals surface area contributed by atoms with E-state index < -0.39 is 4.92 Å². The van der Waals surface area contributed by atoms with Crippen molar-refractivity contribution in [1.82, 2.24) is 4.98 Å². The number of nitro groups is 1. The molecule has 4 rings (SSSR count). The van der Waals surface area contributed by atoms with Gasteiger partial charge in [-0.2, -0.15) is 4.98 Å². The highest BCUT2D eigenvalue weighted by molar-refractivity contribution is 6.07. The Morgan fingerprint density at radius 3 is 2.04 bits per heavy atom. The summed E-state index contributed by atoms with van der Waals surface area (Å²) in [5, 5.41) is 22.7. The van der Waals surface area contributed by atoms with E-state index in [9.17, 15) is 10.1 Å². The molecule has 0 fully saturated rings. The second kappa shape index (κ2) is 6.25. The predicted octanol–water partition coefficient (Wildman–Crippen LogP) is 4.57. The molecule has 0 radical (unpaired) electrons. The number of nitrogens with zero attached hydrogens (tertiary/aromatic N) is 2. The minimum Gasteiger partial charge on any atom is -0.431 e. The third kappa shape index (κ3) is 2.63. The van der Waals surface area contributed by atoms with Gasteiger partial charge >= 0.3 is 5.69 Å². The summed E-state index contributed by atoms with van der Waals surface area (Å²) < 4.78 is 5.82. The fraction of sp³-hybridized carbons (Fsp3) is 0. The first-order chi connectivity index (χ1) is 12.6. The fourth-order valence-corrected chi connectivity index (χ4v) is 2.93. The lowest BCUT2D eigenvalue weighted by Gasteiger charge is -2.06. The maximum Gasteiger partial charge on any atom is 0.311 e. The normalized spacial score (nSPS) is 10.8. The maximum atomic E-state index is 11.3. The quantitative estimate of drug-likeness (QED) is 0.436. The van der Waals surface area contributed by atoms with E-state index in [1.165, 1.54) is 12.1 Å². The highest BCUT2D eigenvalue weighted by Crippen LogP contribution is 2.34. The number of fused-ring (bicyclic) bond motifs is 3. The Balaban J connectivity index is 2.05. The average Bonchev–Trinajstić information content (AvgIpc) is 2.78. The van der Waals surface area contributed by atoms with Crippen LogP contribution < -0.4 is 10.2 Å². The van der Waals surface area contributed by atoms with Crippen LogP contribution >= 0.6 is 0 Å². The molecule has 0 saturated carbocycles. The molecule has 0 aliphatic carbocycles. The predicted molar refractivity (Wildman–Crippen MR) is 98.3 cm³/mol. The SMILES string of the molecule is N=c1nc(Oc2ccccc2[N+](=O)[O-])c2ccccc2c2ccccc12. The van der Waals surface area contributed by atoms with Crippen LogP contribution in [-0.4, -0.2) is 9.91 Å². The molecule has 0 saturated heterocycles. The van der Waals surface area contributed by atoms with Crippen LogP contribution in [0, 0.1) is 15.5 Å². The zero-order valence-corrected chi connectivity index (χ0v) is 13.5. The molecule has 0 amide bonds. The fourth-order valence-electron chi connectivity index (χ4n) is 2.93. The number of hydrogen-bond acceptors (Lipinski definition) is 5. The summed E-state index contributed by atoms with van der Waals surface area (Å²) in [7, 11) is 0. The number of rotatable bonds is 3. The Morgan fingerprint density at radius 2 is 1.35 bits per heavy atom. The number of ether oxygens (including phenoxy) is 1. The first-order valence-electron chi connectivity index (χ1n) is 7.93. The summed E-state index contributed by atoms with van der Waals surface area (Å²) in [4.78, 5) is 15.1. The third-order valence-corrected chi connectivity index (χ3v) is 4.11. The van der Waals surface area contributed by atoms with Crippen LogP contribution in [0.3, 0.4) is 0 Å². The standard InChI is InChI=1S/C20H13N3O3/c21-19-15-9-3-1-7-13(15)14-8-2-4-10-16(14)20(22-19)26-18-12-6-5-11-17(18)23(24)25/h1-12,21H. The summed E-state index contributed by atoms with van der Waals surface area (Å²) in [5.41, 5.74) is -0.105. The monoisotopic (exact) mass is 343 g/mol. The topological polar surface area (TPSA) is 89.1 Å². The van der Waals surface area contributed by atoms with Crippen molar-refractivity contribution in [3.8, 4) is 11.6 Å². The minimum absolute atomic E-state index is 0.0467. The van der Waals surface area contributed by atoms with Gasteiger partial charge in [0.25, 0.3) is 0 Å². The van der Waals surface area contributed by atoms with E-state index in [4.69, 9.17) is 10.1 Å². The van der Waals surface area contributed by atoms with Crippen molar-refractivity contribution in [2.24, 2.45) is 0 Å². The van der Waals surface area contributed by atoms with Crippen LogP contribution in [0.1, 0.15) is 0 Å². The third-order valence-electron chi connectivity index (χ3n) is 4.11. The van der Waals surface area contributed by atoms with Gasteiger partial charge in [-0.1, -0.05) is 54.6 Å². The molecule has 126 valence electrons. The minimum atomic E-state index is -0.501. The van der Waals surface area contributed by atoms with E-state index in [2.05, 4.69) is 4.98 Å². The van der Waals surface area contributed by atoms with Crippen molar-refractivity contribution < 1.29 is 9.66 Å². The Labute approximate surface area is 148 Å². The summed E-state index contributed by atoms with van der Waals surface area (Å²) in [5.74, 6) is 0.251. The molecule has 1 aromatic heterocycles. The van der Waals surface area contributed by atoms with Gasteiger partial charge in [0.05, 0.1) is 4.92 Å². The van der Waals surface area contributed by atoms with Crippen molar-refractivity contribution in [3.05, 3.63) is 88.4 Å².